The SMILES string of the molecule is Cc1ccc(S(=O)(=O)NC(=O)n2ccc3ccccc32)cc1. The Morgan fingerprint density at radius 1 is 1.00 bits per heavy atom. The Bertz CT molecular complexity index is 941. The molecule has 1 heterocycles. The van der Waals surface area contributed by atoms with Gasteiger partial charge in [0.05, 0.1) is 10.4 Å². The molecule has 0 bridgehead atoms. The molecule has 1 aromatic heterocycles. The molecule has 22 heavy (non-hydrogen) atoms. The van der Waals surface area contributed by atoms with Gasteiger partial charge in [-0.2, -0.15) is 0 Å². The molecule has 112 valence electrons. The van der Waals surface area contributed by atoms with Crippen LogP contribution < -0.4 is 4.72 Å². The van der Waals surface area contributed by atoms with E-state index in [2.05, 4.69) is 4.72 Å². The summed E-state index contributed by atoms with van der Waals surface area (Å²) in [6.45, 7) is 1.86. The molecule has 1 amide bonds. The van der Waals surface area contributed by atoms with Gasteiger partial charge < -0.3 is 0 Å². The predicted octanol–water partition coefficient (Wildman–Crippen LogP) is 2.90. The summed E-state index contributed by atoms with van der Waals surface area (Å²) in [5.74, 6) is 0. The summed E-state index contributed by atoms with van der Waals surface area (Å²) < 4.78 is 27.8. The highest BCUT2D eigenvalue weighted by molar-refractivity contribution is 7.90. The van der Waals surface area contributed by atoms with Gasteiger partial charge in [-0.15, -0.1) is 0 Å². The fourth-order valence-corrected chi connectivity index (χ4v) is 3.14. The third kappa shape index (κ3) is 2.60. The molecule has 5 nitrogen and oxygen atoms in total. The molecule has 0 atom stereocenters. The number of sulfonamides is 1. The Kier molecular flexibility index (Phi) is 3.46. The van der Waals surface area contributed by atoms with E-state index < -0.39 is 16.1 Å². The standard InChI is InChI=1S/C16H14N2O3S/c1-12-6-8-14(9-7-12)22(20,21)17-16(19)18-11-10-13-4-2-3-5-15(13)18/h2-11H,1H3,(H,17,19). The van der Waals surface area contributed by atoms with Crippen LogP contribution in [0.5, 0.6) is 0 Å². The van der Waals surface area contributed by atoms with Gasteiger partial charge in [-0.25, -0.2) is 17.9 Å². The molecule has 0 spiro atoms. The molecule has 0 saturated heterocycles. The summed E-state index contributed by atoms with van der Waals surface area (Å²) in [7, 11) is -3.89. The van der Waals surface area contributed by atoms with Gasteiger partial charge in [-0.1, -0.05) is 35.9 Å². The number of hydrogen-bond acceptors (Lipinski definition) is 3. The van der Waals surface area contributed by atoms with Gasteiger partial charge in [0, 0.05) is 11.6 Å². The van der Waals surface area contributed by atoms with Crippen LogP contribution in [0.4, 0.5) is 4.79 Å². The van der Waals surface area contributed by atoms with E-state index in [4.69, 9.17) is 0 Å². The minimum absolute atomic E-state index is 0.0583. The van der Waals surface area contributed by atoms with Crippen LogP contribution in [0.2, 0.25) is 0 Å². The smallest absolute Gasteiger partial charge is 0.268 e. The van der Waals surface area contributed by atoms with Crippen LogP contribution >= 0.6 is 0 Å². The highest BCUT2D eigenvalue weighted by Gasteiger charge is 2.19. The van der Waals surface area contributed by atoms with E-state index in [0.29, 0.717) is 5.52 Å². The third-order valence-corrected chi connectivity index (χ3v) is 4.71. The molecule has 0 aliphatic rings. The quantitative estimate of drug-likeness (QED) is 0.791. The number of benzene rings is 2. The van der Waals surface area contributed by atoms with Crippen LogP contribution in [-0.4, -0.2) is 19.0 Å². The normalized spacial score (nSPS) is 11.5. The van der Waals surface area contributed by atoms with Crippen LogP contribution in [0, 0.1) is 6.92 Å². The first-order chi connectivity index (χ1) is 10.5. The first-order valence-electron chi connectivity index (χ1n) is 6.67. The Morgan fingerprint density at radius 3 is 2.41 bits per heavy atom. The van der Waals surface area contributed by atoms with E-state index in [1.165, 1.54) is 16.7 Å². The molecule has 3 aromatic rings. The molecular weight excluding hydrogens is 300 g/mol. The number of hydrogen-bond donors (Lipinski definition) is 1. The van der Waals surface area contributed by atoms with Gasteiger partial charge in [0.15, 0.2) is 0 Å². The number of amides is 1. The second-order valence-electron chi connectivity index (χ2n) is 4.97. The number of fused-ring (bicyclic) bond motifs is 1. The second kappa shape index (κ2) is 5.31. The zero-order chi connectivity index (χ0) is 15.7. The van der Waals surface area contributed by atoms with Crippen LogP contribution in [0.25, 0.3) is 10.9 Å². The summed E-state index contributed by atoms with van der Waals surface area (Å²) in [6, 6.07) is 14.6. The average Bonchev–Trinajstić information content (AvgIpc) is 2.91. The minimum atomic E-state index is -3.89. The number of para-hydroxylation sites is 1. The number of nitrogens with zero attached hydrogens (tertiary/aromatic N) is 1. The average molecular weight is 314 g/mol. The summed E-state index contributed by atoms with van der Waals surface area (Å²) in [4.78, 5) is 12.3. The third-order valence-electron chi connectivity index (χ3n) is 3.37. The fourth-order valence-electron chi connectivity index (χ4n) is 2.20. The highest BCUT2D eigenvalue weighted by atomic mass is 32.2. The largest absolute Gasteiger partial charge is 0.339 e. The molecule has 1 N–H and O–H groups in total. The molecule has 0 saturated carbocycles. The van der Waals surface area contributed by atoms with Gasteiger partial charge in [-0.05, 0) is 31.2 Å². The van der Waals surface area contributed by atoms with Gasteiger partial charge in [-0.3, -0.25) is 4.57 Å². The molecular formula is C16H14N2O3S. The van der Waals surface area contributed by atoms with Crippen molar-refractivity contribution in [2.24, 2.45) is 0 Å². The highest BCUT2D eigenvalue weighted by Crippen LogP contribution is 2.15. The van der Waals surface area contributed by atoms with Crippen molar-refractivity contribution < 1.29 is 13.2 Å². The van der Waals surface area contributed by atoms with Crippen molar-refractivity contribution in [2.45, 2.75) is 11.8 Å². The van der Waals surface area contributed by atoms with Crippen molar-refractivity contribution in [3.63, 3.8) is 0 Å². The maximum atomic E-state index is 12.2. The van der Waals surface area contributed by atoms with Crippen molar-refractivity contribution in [3.05, 3.63) is 66.4 Å². The van der Waals surface area contributed by atoms with Gasteiger partial charge in [0.25, 0.3) is 10.0 Å². The monoisotopic (exact) mass is 314 g/mol. The number of rotatable bonds is 2. The molecule has 0 radical (unpaired) electrons. The van der Waals surface area contributed by atoms with Gasteiger partial charge in [0.2, 0.25) is 0 Å². The Hall–Kier alpha value is -2.60. The van der Waals surface area contributed by atoms with E-state index in [-0.39, 0.29) is 4.90 Å². The van der Waals surface area contributed by atoms with Crippen molar-refractivity contribution in [1.82, 2.24) is 9.29 Å². The number of aryl methyl sites for hydroxylation is 1. The zero-order valence-electron chi connectivity index (χ0n) is 11.9. The van der Waals surface area contributed by atoms with Gasteiger partial charge >= 0.3 is 6.03 Å². The first-order valence-corrected chi connectivity index (χ1v) is 8.16. The van der Waals surface area contributed by atoms with E-state index in [1.807, 2.05) is 19.1 Å². The van der Waals surface area contributed by atoms with Crippen LogP contribution in [0.1, 0.15) is 5.56 Å². The maximum absolute atomic E-state index is 12.2. The molecule has 6 heteroatoms. The molecule has 3 rings (SSSR count). The number of carbonyl (C=O) groups excluding carboxylic acids is 1. The Morgan fingerprint density at radius 2 is 1.68 bits per heavy atom. The van der Waals surface area contributed by atoms with Crippen LogP contribution in [0.15, 0.2) is 65.7 Å². The van der Waals surface area contributed by atoms with E-state index in [9.17, 15) is 13.2 Å². The fraction of sp³-hybridized carbons (Fsp3) is 0.0625. The van der Waals surface area contributed by atoms with E-state index in [1.54, 1.807) is 36.5 Å². The van der Waals surface area contributed by atoms with Crippen LogP contribution in [0.3, 0.4) is 0 Å². The lowest BCUT2D eigenvalue weighted by Gasteiger charge is -2.08. The number of nitrogens with one attached hydrogen (secondary N) is 1. The lowest BCUT2D eigenvalue weighted by Crippen LogP contribution is -2.33. The molecule has 0 aliphatic heterocycles. The predicted molar refractivity (Wildman–Crippen MR) is 84.2 cm³/mol. The molecule has 0 fully saturated rings. The van der Waals surface area contributed by atoms with Crippen molar-refractivity contribution in [1.29, 1.82) is 0 Å². The summed E-state index contributed by atoms with van der Waals surface area (Å²) >= 11 is 0. The van der Waals surface area contributed by atoms with E-state index in [0.717, 1.165) is 10.9 Å². The Labute approximate surface area is 128 Å². The summed E-state index contributed by atoms with van der Waals surface area (Å²) in [5, 5.41) is 0.866. The first kappa shape index (κ1) is 14.3. The molecule has 2 aromatic carbocycles. The van der Waals surface area contributed by atoms with Gasteiger partial charge in [0.1, 0.15) is 0 Å². The molecule has 0 unspecified atom stereocenters. The van der Waals surface area contributed by atoms with Crippen LogP contribution in [-0.2, 0) is 10.0 Å². The maximum Gasteiger partial charge on any atom is 0.339 e. The lowest BCUT2D eigenvalue weighted by atomic mass is 10.2. The Balaban J connectivity index is 1.92. The lowest BCUT2D eigenvalue weighted by molar-refractivity contribution is 0.248. The van der Waals surface area contributed by atoms with Crippen molar-refractivity contribution >= 4 is 27.0 Å². The second-order valence-corrected chi connectivity index (χ2v) is 6.65. The summed E-state index contributed by atoms with van der Waals surface area (Å²) in [6.07, 6.45) is 1.55. The number of aromatic nitrogens is 1. The zero-order valence-corrected chi connectivity index (χ0v) is 12.7. The topological polar surface area (TPSA) is 68.2 Å². The number of carbonyl (C=O) groups is 1. The van der Waals surface area contributed by atoms with Crippen molar-refractivity contribution in [2.75, 3.05) is 0 Å². The molecule has 0 aliphatic carbocycles. The summed E-state index contributed by atoms with van der Waals surface area (Å²) in [5.41, 5.74) is 1.60. The van der Waals surface area contributed by atoms with Crippen molar-refractivity contribution in [3.8, 4) is 0 Å². The van der Waals surface area contributed by atoms with E-state index >= 15 is 0 Å². The minimum Gasteiger partial charge on any atom is -0.268 e.